The number of rotatable bonds is 3. The van der Waals surface area contributed by atoms with Crippen molar-refractivity contribution >= 4 is 15.7 Å². The number of amides is 1. The first-order valence-electron chi connectivity index (χ1n) is 12.6. The molecule has 2 saturated heterocycles. The van der Waals surface area contributed by atoms with Crippen LogP contribution in [-0.2, 0) is 20.0 Å². The molecule has 3 atom stereocenters. The number of hydrogen-bond acceptors (Lipinski definition) is 4. The molecule has 1 aromatic carbocycles. The summed E-state index contributed by atoms with van der Waals surface area (Å²) < 4.78 is 23.8. The highest BCUT2D eigenvalue weighted by molar-refractivity contribution is 7.91. The summed E-state index contributed by atoms with van der Waals surface area (Å²) in [7, 11) is -2.86. The van der Waals surface area contributed by atoms with E-state index in [2.05, 4.69) is 41.0 Å². The Morgan fingerprint density at radius 3 is 2.22 bits per heavy atom. The van der Waals surface area contributed by atoms with E-state index in [4.69, 9.17) is 0 Å². The van der Waals surface area contributed by atoms with Crippen molar-refractivity contribution in [3.05, 3.63) is 35.4 Å². The number of carbonyl (C=O) groups is 1. The van der Waals surface area contributed by atoms with Crippen molar-refractivity contribution in [3.8, 4) is 0 Å². The van der Waals surface area contributed by atoms with Gasteiger partial charge in [0.25, 0.3) is 0 Å². The lowest BCUT2D eigenvalue weighted by molar-refractivity contribution is -0.162. The summed E-state index contributed by atoms with van der Waals surface area (Å²) in [6.07, 6.45) is 7.76. The van der Waals surface area contributed by atoms with E-state index in [-0.39, 0.29) is 16.9 Å². The molecule has 0 aromatic heterocycles. The van der Waals surface area contributed by atoms with Crippen LogP contribution in [0.15, 0.2) is 24.3 Å². The maximum atomic E-state index is 14.0. The fourth-order valence-electron chi connectivity index (χ4n) is 8.45. The summed E-state index contributed by atoms with van der Waals surface area (Å²) in [6.45, 7) is 5.29. The number of piperazine rings is 1. The second-order valence-corrected chi connectivity index (χ2v) is 14.0. The molecular weight excluding hydrogens is 420 g/mol. The maximum absolute atomic E-state index is 14.0. The molecule has 2 aliphatic heterocycles. The van der Waals surface area contributed by atoms with Crippen LogP contribution in [0.1, 0.15) is 56.1 Å². The molecule has 0 N–H and O–H groups in total. The first kappa shape index (κ1) is 21.2. The Labute approximate surface area is 192 Å². The molecule has 1 aromatic rings. The molecule has 6 fully saturated rings. The average molecular weight is 457 g/mol. The summed E-state index contributed by atoms with van der Waals surface area (Å²) in [4.78, 5) is 18.5. The van der Waals surface area contributed by atoms with Gasteiger partial charge in [0.2, 0.25) is 5.91 Å². The van der Waals surface area contributed by atoms with Gasteiger partial charge in [-0.05, 0) is 74.7 Å². The number of benzene rings is 1. The third-order valence-corrected chi connectivity index (χ3v) is 11.3. The number of sulfone groups is 1. The molecule has 4 aliphatic carbocycles. The van der Waals surface area contributed by atoms with Crippen LogP contribution in [-0.4, -0.2) is 67.9 Å². The van der Waals surface area contributed by atoms with E-state index in [1.165, 1.54) is 30.4 Å². The standard InChI is InChI=1S/C26H36N2O3S/c1-19-2-4-22(5-3-19)25-13-20-12-21(14-25)16-26(15-20,18-25)24(29)28-9-7-27(8-10-28)23-6-11-32(30,31)17-23/h2-5,20-21,23H,6-18H2,1H3. The smallest absolute Gasteiger partial charge is 0.228 e. The van der Waals surface area contributed by atoms with Crippen LogP contribution < -0.4 is 0 Å². The van der Waals surface area contributed by atoms with Gasteiger partial charge >= 0.3 is 0 Å². The minimum Gasteiger partial charge on any atom is -0.340 e. The molecule has 2 heterocycles. The highest BCUT2D eigenvalue weighted by Gasteiger charge is 2.61. The SMILES string of the molecule is Cc1ccc(C23CC4CC(CC(C(=O)N5CCN(C6CCS(=O)(=O)C6)CC5)(C4)C2)C3)cc1. The fourth-order valence-corrected chi connectivity index (χ4v) is 10.2. The Morgan fingerprint density at radius 2 is 1.62 bits per heavy atom. The Hall–Kier alpha value is -1.40. The summed E-state index contributed by atoms with van der Waals surface area (Å²) in [5.41, 5.74) is 2.78. The van der Waals surface area contributed by atoms with Crippen LogP contribution in [0.4, 0.5) is 0 Å². The molecule has 5 nitrogen and oxygen atoms in total. The molecule has 4 bridgehead atoms. The number of hydrogen-bond donors (Lipinski definition) is 0. The lowest BCUT2D eigenvalue weighted by Gasteiger charge is -2.62. The minimum atomic E-state index is -2.86. The van der Waals surface area contributed by atoms with Crippen LogP contribution in [0.3, 0.4) is 0 Å². The third kappa shape index (κ3) is 3.44. The fraction of sp³-hybridized carbons (Fsp3) is 0.731. The molecule has 3 unspecified atom stereocenters. The van der Waals surface area contributed by atoms with Crippen molar-refractivity contribution in [2.24, 2.45) is 17.3 Å². The highest BCUT2D eigenvalue weighted by atomic mass is 32.2. The van der Waals surface area contributed by atoms with Gasteiger partial charge in [0.05, 0.1) is 16.9 Å². The highest BCUT2D eigenvalue weighted by Crippen LogP contribution is 2.66. The Balaban J connectivity index is 1.19. The van der Waals surface area contributed by atoms with Gasteiger partial charge in [0, 0.05) is 32.2 Å². The van der Waals surface area contributed by atoms with Crippen molar-refractivity contribution < 1.29 is 13.2 Å². The number of carbonyl (C=O) groups excluding carboxylic acids is 1. The topological polar surface area (TPSA) is 57.7 Å². The zero-order valence-electron chi connectivity index (χ0n) is 19.3. The Morgan fingerprint density at radius 1 is 0.969 bits per heavy atom. The van der Waals surface area contributed by atoms with Gasteiger partial charge in [-0.1, -0.05) is 29.8 Å². The molecule has 0 spiro atoms. The van der Waals surface area contributed by atoms with E-state index in [9.17, 15) is 13.2 Å². The average Bonchev–Trinajstić information content (AvgIpc) is 3.12. The molecule has 6 aliphatic rings. The second kappa shape index (κ2) is 7.30. The van der Waals surface area contributed by atoms with Gasteiger partial charge in [-0.2, -0.15) is 0 Å². The zero-order valence-corrected chi connectivity index (χ0v) is 20.1. The van der Waals surface area contributed by atoms with Gasteiger partial charge in [0.15, 0.2) is 9.84 Å². The molecular formula is C26H36N2O3S. The van der Waals surface area contributed by atoms with E-state index in [0.29, 0.717) is 29.2 Å². The van der Waals surface area contributed by atoms with Gasteiger partial charge in [-0.15, -0.1) is 0 Å². The first-order valence-corrected chi connectivity index (χ1v) is 14.4. The summed E-state index contributed by atoms with van der Waals surface area (Å²) >= 11 is 0. The van der Waals surface area contributed by atoms with Gasteiger partial charge in [-0.3, -0.25) is 9.69 Å². The normalized spacial score (nSPS) is 40.7. The summed E-state index contributed by atoms with van der Waals surface area (Å²) in [6, 6.07) is 9.29. The number of nitrogens with zero attached hydrogens (tertiary/aromatic N) is 2. The van der Waals surface area contributed by atoms with Crippen LogP contribution >= 0.6 is 0 Å². The van der Waals surface area contributed by atoms with Gasteiger partial charge < -0.3 is 4.90 Å². The van der Waals surface area contributed by atoms with E-state index in [1.54, 1.807) is 0 Å². The predicted octanol–water partition coefficient (Wildman–Crippen LogP) is 3.16. The molecule has 0 radical (unpaired) electrons. The molecule has 1 amide bonds. The van der Waals surface area contributed by atoms with E-state index >= 15 is 0 Å². The molecule has 4 saturated carbocycles. The van der Waals surface area contributed by atoms with E-state index < -0.39 is 9.84 Å². The van der Waals surface area contributed by atoms with Gasteiger partial charge in [0.1, 0.15) is 0 Å². The summed E-state index contributed by atoms with van der Waals surface area (Å²) in [5, 5.41) is 0. The van der Waals surface area contributed by atoms with Crippen LogP contribution in [0.2, 0.25) is 0 Å². The summed E-state index contributed by atoms with van der Waals surface area (Å²) in [5.74, 6) is 2.40. The second-order valence-electron chi connectivity index (χ2n) is 11.8. The lowest BCUT2D eigenvalue weighted by Crippen LogP contribution is -2.62. The molecule has 174 valence electrons. The van der Waals surface area contributed by atoms with Crippen molar-refractivity contribution in [1.82, 2.24) is 9.80 Å². The predicted molar refractivity (Wildman–Crippen MR) is 125 cm³/mol. The Kier molecular flexibility index (Phi) is 4.82. The maximum Gasteiger partial charge on any atom is 0.228 e. The first-order chi connectivity index (χ1) is 15.3. The van der Waals surface area contributed by atoms with Crippen LogP contribution in [0.25, 0.3) is 0 Å². The van der Waals surface area contributed by atoms with Crippen molar-refractivity contribution in [3.63, 3.8) is 0 Å². The Bertz CT molecular complexity index is 996. The van der Waals surface area contributed by atoms with Crippen molar-refractivity contribution in [2.45, 2.75) is 63.3 Å². The molecule has 7 rings (SSSR count). The minimum absolute atomic E-state index is 0.154. The monoisotopic (exact) mass is 456 g/mol. The third-order valence-electron chi connectivity index (χ3n) is 9.50. The lowest BCUT2D eigenvalue weighted by atomic mass is 9.42. The van der Waals surface area contributed by atoms with Crippen LogP contribution in [0.5, 0.6) is 0 Å². The molecule has 6 heteroatoms. The van der Waals surface area contributed by atoms with Crippen molar-refractivity contribution in [2.75, 3.05) is 37.7 Å². The molecule has 32 heavy (non-hydrogen) atoms. The zero-order chi connectivity index (χ0) is 22.1. The van der Waals surface area contributed by atoms with Crippen LogP contribution in [0, 0.1) is 24.2 Å². The largest absolute Gasteiger partial charge is 0.340 e. The van der Waals surface area contributed by atoms with Gasteiger partial charge in [-0.25, -0.2) is 8.42 Å². The van der Waals surface area contributed by atoms with Crippen molar-refractivity contribution in [1.29, 1.82) is 0 Å². The quantitative estimate of drug-likeness (QED) is 0.701. The number of aryl methyl sites for hydroxylation is 1. The van der Waals surface area contributed by atoms with E-state index in [1.807, 2.05) is 0 Å². The van der Waals surface area contributed by atoms with E-state index in [0.717, 1.165) is 51.9 Å².